The van der Waals surface area contributed by atoms with E-state index in [9.17, 15) is 13.2 Å². The lowest BCUT2D eigenvalue weighted by Gasteiger charge is -2.29. The number of benzene rings is 2. The first-order valence-electron chi connectivity index (χ1n) is 10.4. The molecule has 0 unspecified atom stereocenters. The summed E-state index contributed by atoms with van der Waals surface area (Å²) in [5.74, 6) is 0.964. The fourth-order valence-corrected chi connectivity index (χ4v) is 4.89. The maximum atomic E-state index is 12.7. The van der Waals surface area contributed by atoms with Crippen LogP contribution in [0.15, 0.2) is 53.9 Å². The van der Waals surface area contributed by atoms with Crippen LogP contribution in [0, 0.1) is 5.92 Å². The van der Waals surface area contributed by atoms with E-state index in [0.717, 1.165) is 12.0 Å². The van der Waals surface area contributed by atoms with Gasteiger partial charge in [0, 0.05) is 42.6 Å². The standard InChI is InChI=1S/C23H26N2O5S/c26-23(24-20-7-8-21-22(17-20)30-15-4-14-29-21)19-9-12-25(13-10-19)31(27,28)16-11-18-5-2-1-3-6-18/h1-3,5-8,11,16-17,19H,4,9-10,12-15H2,(H,24,26)/b16-11-. The Kier molecular flexibility index (Phi) is 6.58. The summed E-state index contributed by atoms with van der Waals surface area (Å²) < 4.78 is 37.9. The minimum absolute atomic E-state index is 0.105. The molecular formula is C23H26N2O5S. The molecule has 31 heavy (non-hydrogen) atoms. The molecule has 0 bridgehead atoms. The van der Waals surface area contributed by atoms with Gasteiger partial charge in [-0.25, -0.2) is 8.42 Å². The second-order valence-corrected chi connectivity index (χ2v) is 9.45. The normalized spacial score (nSPS) is 17.9. The summed E-state index contributed by atoms with van der Waals surface area (Å²) in [6.07, 6.45) is 3.38. The molecule has 2 aliphatic rings. The Morgan fingerprint density at radius 3 is 2.45 bits per heavy atom. The molecule has 0 spiro atoms. The van der Waals surface area contributed by atoms with Crippen molar-refractivity contribution in [2.45, 2.75) is 19.3 Å². The summed E-state index contributed by atoms with van der Waals surface area (Å²) in [4.78, 5) is 12.7. The van der Waals surface area contributed by atoms with Crippen LogP contribution in [0.1, 0.15) is 24.8 Å². The first-order chi connectivity index (χ1) is 15.0. The number of rotatable bonds is 5. The summed E-state index contributed by atoms with van der Waals surface area (Å²) in [5.41, 5.74) is 1.48. The molecule has 2 aliphatic heterocycles. The molecule has 2 aromatic rings. The van der Waals surface area contributed by atoms with E-state index in [1.165, 1.54) is 9.71 Å². The number of hydrogen-bond acceptors (Lipinski definition) is 5. The van der Waals surface area contributed by atoms with Crippen LogP contribution in [-0.2, 0) is 14.8 Å². The van der Waals surface area contributed by atoms with Gasteiger partial charge in [-0.3, -0.25) is 4.79 Å². The van der Waals surface area contributed by atoms with Gasteiger partial charge < -0.3 is 14.8 Å². The van der Waals surface area contributed by atoms with E-state index in [1.54, 1.807) is 24.3 Å². The highest BCUT2D eigenvalue weighted by Gasteiger charge is 2.30. The van der Waals surface area contributed by atoms with Crippen molar-refractivity contribution in [3.63, 3.8) is 0 Å². The first-order valence-corrected chi connectivity index (χ1v) is 12.0. The predicted octanol–water partition coefficient (Wildman–Crippen LogP) is 3.50. The van der Waals surface area contributed by atoms with Crippen LogP contribution in [0.2, 0.25) is 0 Å². The second-order valence-electron chi connectivity index (χ2n) is 7.63. The third kappa shape index (κ3) is 5.45. The smallest absolute Gasteiger partial charge is 0.236 e. The Morgan fingerprint density at radius 2 is 1.71 bits per heavy atom. The van der Waals surface area contributed by atoms with Crippen LogP contribution >= 0.6 is 0 Å². The molecule has 0 aliphatic carbocycles. The molecule has 4 rings (SSSR count). The van der Waals surface area contributed by atoms with Crippen molar-refractivity contribution >= 4 is 27.7 Å². The Bertz CT molecular complexity index is 1040. The number of nitrogens with zero attached hydrogens (tertiary/aromatic N) is 1. The fourth-order valence-electron chi connectivity index (χ4n) is 3.67. The number of carbonyl (C=O) groups excluding carboxylic acids is 1. The lowest BCUT2D eigenvalue weighted by molar-refractivity contribution is -0.120. The average molecular weight is 443 g/mol. The van der Waals surface area contributed by atoms with Gasteiger partial charge in [0.05, 0.1) is 13.2 Å². The van der Waals surface area contributed by atoms with Gasteiger partial charge in [-0.05, 0) is 36.6 Å². The molecule has 164 valence electrons. The number of anilines is 1. The van der Waals surface area contributed by atoms with Crippen LogP contribution in [0.3, 0.4) is 0 Å². The lowest BCUT2D eigenvalue weighted by atomic mass is 9.97. The van der Waals surface area contributed by atoms with Crippen LogP contribution in [0.4, 0.5) is 5.69 Å². The van der Waals surface area contributed by atoms with E-state index < -0.39 is 10.0 Å². The van der Waals surface area contributed by atoms with Gasteiger partial charge in [0.25, 0.3) is 0 Å². The van der Waals surface area contributed by atoms with Gasteiger partial charge in [-0.1, -0.05) is 30.3 Å². The molecule has 0 radical (unpaired) electrons. The molecule has 1 fully saturated rings. The molecule has 8 heteroatoms. The van der Waals surface area contributed by atoms with Crippen LogP contribution in [0.5, 0.6) is 11.5 Å². The SMILES string of the molecule is O=C(Nc1ccc2c(c1)OCCCO2)C1CCN(S(=O)(=O)/C=C\c2ccccc2)CC1. The monoisotopic (exact) mass is 442 g/mol. The number of amides is 1. The minimum Gasteiger partial charge on any atom is -0.490 e. The molecular weight excluding hydrogens is 416 g/mol. The summed E-state index contributed by atoms with van der Waals surface area (Å²) in [6.45, 7) is 1.83. The number of ether oxygens (including phenoxy) is 2. The van der Waals surface area contributed by atoms with Gasteiger partial charge in [0.15, 0.2) is 11.5 Å². The second kappa shape index (κ2) is 9.53. The number of fused-ring (bicyclic) bond motifs is 1. The highest BCUT2D eigenvalue weighted by Crippen LogP contribution is 2.32. The van der Waals surface area contributed by atoms with Crippen molar-refractivity contribution in [1.82, 2.24) is 4.31 Å². The molecule has 2 heterocycles. The zero-order valence-corrected chi connectivity index (χ0v) is 18.0. The number of piperidine rings is 1. The Morgan fingerprint density at radius 1 is 1.00 bits per heavy atom. The van der Waals surface area contributed by atoms with Gasteiger partial charge in [-0.15, -0.1) is 0 Å². The van der Waals surface area contributed by atoms with Gasteiger partial charge in [0.2, 0.25) is 15.9 Å². The van der Waals surface area contributed by atoms with Crippen molar-refractivity contribution in [3.05, 3.63) is 59.5 Å². The van der Waals surface area contributed by atoms with E-state index in [4.69, 9.17) is 9.47 Å². The Labute approximate surface area is 182 Å². The maximum Gasteiger partial charge on any atom is 0.236 e. The van der Waals surface area contributed by atoms with Crippen LogP contribution in [0.25, 0.3) is 6.08 Å². The van der Waals surface area contributed by atoms with Crippen LogP contribution in [-0.4, -0.2) is 44.9 Å². The minimum atomic E-state index is -3.51. The highest BCUT2D eigenvalue weighted by molar-refractivity contribution is 7.92. The van der Waals surface area contributed by atoms with E-state index in [0.29, 0.717) is 56.3 Å². The zero-order chi connectivity index (χ0) is 21.7. The summed E-state index contributed by atoms with van der Waals surface area (Å²) in [6, 6.07) is 14.7. The fraction of sp³-hybridized carbons (Fsp3) is 0.348. The largest absolute Gasteiger partial charge is 0.490 e. The molecule has 1 saturated heterocycles. The quantitative estimate of drug-likeness (QED) is 0.766. The highest BCUT2D eigenvalue weighted by atomic mass is 32.2. The number of hydrogen-bond donors (Lipinski definition) is 1. The molecule has 1 amide bonds. The molecule has 1 N–H and O–H groups in total. The summed E-state index contributed by atoms with van der Waals surface area (Å²) in [5, 5.41) is 4.16. The van der Waals surface area contributed by atoms with Crippen molar-refractivity contribution in [2.24, 2.45) is 5.92 Å². The van der Waals surface area contributed by atoms with E-state index in [1.807, 2.05) is 30.3 Å². The van der Waals surface area contributed by atoms with Gasteiger partial charge >= 0.3 is 0 Å². The maximum absolute atomic E-state index is 12.7. The number of carbonyl (C=O) groups is 1. The van der Waals surface area contributed by atoms with E-state index in [2.05, 4.69) is 5.32 Å². The average Bonchev–Trinajstić information content (AvgIpc) is 3.04. The number of sulfonamides is 1. The van der Waals surface area contributed by atoms with Crippen LogP contribution < -0.4 is 14.8 Å². The summed E-state index contributed by atoms with van der Waals surface area (Å²) >= 11 is 0. The molecule has 0 atom stereocenters. The predicted molar refractivity (Wildman–Crippen MR) is 119 cm³/mol. The van der Waals surface area contributed by atoms with Crippen molar-refractivity contribution < 1.29 is 22.7 Å². The third-order valence-electron chi connectivity index (χ3n) is 5.43. The molecule has 2 aromatic carbocycles. The summed E-state index contributed by atoms with van der Waals surface area (Å²) in [7, 11) is -3.51. The van der Waals surface area contributed by atoms with E-state index >= 15 is 0 Å². The lowest BCUT2D eigenvalue weighted by Crippen LogP contribution is -2.40. The molecule has 0 saturated carbocycles. The number of nitrogens with one attached hydrogen (secondary N) is 1. The van der Waals surface area contributed by atoms with E-state index in [-0.39, 0.29) is 11.8 Å². The van der Waals surface area contributed by atoms with Crippen molar-refractivity contribution in [2.75, 3.05) is 31.6 Å². The van der Waals surface area contributed by atoms with Crippen molar-refractivity contribution in [1.29, 1.82) is 0 Å². The topological polar surface area (TPSA) is 84.9 Å². The van der Waals surface area contributed by atoms with Gasteiger partial charge in [-0.2, -0.15) is 4.31 Å². The molecule has 7 nitrogen and oxygen atoms in total. The first kappa shape index (κ1) is 21.4. The molecule has 0 aromatic heterocycles. The zero-order valence-electron chi connectivity index (χ0n) is 17.2. The van der Waals surface area contributed by atoms with Gasteiger partial charge in [0.1, 0.15) is 0 Å². The van der Waals surface area contributed by atoms with Crippen molar-refractivity contribution in [3.8, 4) is 11.5 Å². The Balaban J connectivity index is 1.32. The third-order valence-corrected chi connectivity index (χ3v) is 7.00. The Hall–Kier alpha value is -2.84.